The minimum Gasteiger partial charge on any atom is -0.349 e. The maximum absolute atomic E-state index is 11.9. The third-order valence-corrected chi connectivity index (χ3v) is 3.14. The van der Waals surface area contributed by atoms with E-state index in [1.54, 1.807) is 12.3 Å². The molecule has 0 saturated heterocycles. The molecule has 1 aromatic rings. The third-order valence-electron chi connectivity index (χ3n) is 2.41. The van der Waals surface area contributed by atoms with Gasteiger partial charge in [-0.3, -0.25) is 4.79 Å². The van der Waals surface area contributed by atoms with Gasteiger partial charge in [0.2, 0.25) is 0 Å². The lowest BCUT2D eigenvalue weighted by atomic mass is 10.1. The number of nitrogens with zero attached hydrogens (tertiary/aromatic N) is 1. The van der Waals surface area contributed by atoms with E-state index in [0.717, 1.165) is 4.47 Å². The van der Waals surface area contributed by atoms with Gasteiger partial charge >= 0.3 is 0 Å². The van der Waals surface area contributed by atoms with Crippen molar-refractivity contribution in [1.82, 2.24) is 10.3 Å². The zero-order chi connectivity index (χ0) is 12.3. The van der Waals surface area contributed by atoms with Gasteiger partial charge in [0.1, 0.15) is 5.15 Å². The summed E-state index contributed by atoms with van der Waals surface area (Å²) in [6.07, 6.45) is 1.56. The number of halogens is 2. The number of carbonyl (C=O) groups excluding carboxylic acids is 1. The van der Waals surface area contributed by atoms with Crippen LogP contribution in [-0.4, -0.2) is 16.9 Å². The van der Waals surface area contributed by atoms with Crippen molar-refractivity contribution < 1.29 is 4.79 Å². The molecule has 0 fully saturated rings. The summed E-state index contributed by atoms with van der Waals surface area (Å²) in [7, 11) is 0. The summed E-state index contributed by atoms with van der Waals surface area (Å²) < 4.78 is 0.735. The fourth-order valence-corrected chi connectivity index (χ4v) is 1.55. The summed E-state index contributed by atoms with van der Waals surface area (Å²) in [5.41, 5.74) is 0.392. The monoisotopic (exact) mass is 304 g/mol. The van der Waals surface area contributed by atoms with E-state index in [-0.39, 0.29) is 17.1 Å². The number of rotatable bonds is 3. The van der Waals surface area contributed by atoms with Crippen molar-refractivity contribution in [1.29, 1.82) is 0 Å². The van der Waals surface area contributed by atoms with Crippen molar-refractivity contribution in [3.63, 3.8) is 0 Å². The second-order valence-corrected chi connectivity index (χ2v) is 5.27. The van der Waals surface area contributed by atoms with Crippen molar-refractivity contribution >= 4 is 33.4 Å². The van der Waals surface area contributed by atoms with Gasteiger partial charge in [0.25, 0.3) is 5.91 Å². The molecule has 0 aromatic carbocycles. The molecule has 0 aliphatic carbocycles. The highest BCUT2D eigenvalue weighted by molar-refractivity contribution is 9.10. The summed E-state index contributed by atoms with van der Waals surface area (Å²) in [6, 6.07) is 1.76. The Morgan fingerprint density at radius 1 is 1.50 bits per heavy atom. The largest absolute Gasteiger partial charge is 0.349 e. The Morgan fingerprint density at radius 3 is 2.69 bits per heavy atom. The summed E-state index contributed by atoms with van der Waals surface area (Å²) >= 11 is 9.12. The van der Waals surface area contributed by atoms with Crippen molar-refractivity contribution in [2.75, 3.05) is 0 Å². The first-order chi connectivity index (χ1) is 7.41. The van der Waals surface area contributed by atoms with Gasteiger partial charge in [0.15, 0.2) is 0 Å². The molecule has 88 valence electrons. The Labute approximate surface area is 109 Å². The van der Waals surface area contributed by atoms with E-state index < -0.39 is 0 Å². The summed E-state index contributed by atoms with van der Waals surface area (Å²) in [5.74, 6) is 0.183. The number of carbonyl (C=O) groups is 1. The molecule has 1 rings (SSSR count). The van der Waals surface area contributed by atoms with E-state index in [2.05, 4.69) is 26.2 Å². The number of amides is 1. The van der Waals surface area contributed by atoms with E-state index in [4.69, 9.17) is 11.6 Å². The molecule has 16 heavy (non-hydrogen) atoms. The lowest BCUT2D eigenvalue weighted by Crippen LogP contribution is -2.36. The number of aromatic nitrogens is 1. The van der Waals surface area contributed by atoms with E-state index >= 15 is 0 Å². The van der Waals surface area contributed by atoms with Gasteiger partial charge in [0.05, 0.1) is 5.56 Å². The SMILES string of the molecule is CC(C)C(C)NC(=O)c1cc(Br)cnc1Cl. The van der Waals surface area contributed by atoms with Gasteiger partial charge in [-0.15, -0.1) is 0 Å². The predicted molar refractivity (Wildman–Crippen MR) is 68.7 cm³/mol. The first-order valence-electron chi connectivity index (χ1n) is 5.03. The first-order valence-corrected chi connectivity index (χ1v) is 6.20. The van der Waals surface area contributed by atoms with Crippen LogP contribution in [0.2, 0.25) is 5.15 Å². The molecular formula is C11H14BrClN2O. The van der Waals surface area contributed by atoms with Gasteiger partial charge in [-0.25, -0.2) is 4.98 Å². The smallest absolute Gasteiger partial charge is 0.254 e. The number of hydrogen-bond acceptors (Lipinski definition) is 2. The maximum Gasteiger partial charge on any atom is 0.254 e. The predicted octanol–water partition coefficient (Wildman–Crippen LogP) is 3.27. The zero-order valence-electron chi connectivity index (χ0n) is 9.42. The van der Waals surface area contributed by atoms with Gasteiger partial charge in [0, 0.05) is 16.7 Å². The van der Waals surface area contributed by atoms with Gasteiger partial charge in [-0.1, -0.05) is 25.4 Å². The lowest BCUT2D eigenvalue weighted by Gasteiger charge is -2.17. The fourth-order valence-electron chi connectivity index (χ4n) is 1.03. The molecule has 1 heterocycles. The van der Waals surface area contributed by atoms with Crippen LogP contribution in [0.15, 0.2) is 16.7 Å². The molecule has 0 aliphatic heterocycles. The van der Waals surface area contributed by atoms with E-state index in [1.165, 1.54) is 0 Å². The Morgan fingerprint density at radius 2 is 2.12 bits per heavy atom. The van der Waals surface area contributed by atoms with Crippen molar-refractivity contribution in [3.05, 3.63) is 27.5 Å². The number of nitrogens with one attached hydrogen (secondary N) is 1. The molecule has 1 N–H and O–H groups in total. The van der Waals surface area contributed by atoms with Crippen LogP contribution in [0.3, 0.4) is 0 Å². The van der Waals surface area contributed by atoms with Crippen LogP contribution in [0, 0.1) is 5.92 Å². The van der Waals surface area contributed by atoms with Gasteiger partial charge < -0.3 is 5.32 Å². The highest BCUT2D eigenvalue weighted by atomic mass is 79.9. The highest BCUT2D eigenvalue weighted by Crippen LogP contribution is 2.18. The topological polar surface area (TPSA) is 42.0 Å². The Kier molecular flexibility index (Phi) is 4.74. The van der Waals surface area contributed by atoms with Crippen molar-refractivity contribution in [2.24, 2.45) is 5.92 Å². The minimum atomic E-state index is -0.194. The third kappa shape index (κ3) is 3.46. The van der Waals surface area contributed by atoms with E-state index in [0.29, 0.717) is 11.5 Å². The molecule has 1 unspecified atom stereocenters. The molecule has 0 aliphatic rings. The average Bonchev–Trinajstić information content (AvgIpc) is 2.21. The van der Waals surface area contributed by atoms with Crippen LogP contribution in [-0.2, 0) is 0 Å². The average molecular weight is 306 g/mol. The van der Waals surface area contributed by atoms with Crippen LogP contribution < -0.4 is 5.32 Å². The molecule has 0 spiro atoms. The molecule has 5 heteroatoms. The second-order valence-electron chi connectivity index (χ2n) is 4.00. The standard InChI is InChI=1S/C11H14BrClN2O/c1-6(2)7(3)15-11(16)9-4-8(12)5-14-10(9)13/h4-7H,1-3H3,(H,15,16). The van der Waals surface area contributed by atoms with E-state index in [1.807, 2.05) is 20.8 Å². The quantitative estimate of drug-likeness (QED) is 0.871. The second kappa shape index (κ2) is 5.64. The van der Waals surface area contributed by atoms with Crippen LogP contribution >= 0.6 is 27.5 Å². The van der Waals surface area contributed by atoms with Crippen LogP contribution in [0.5, 0.6) is 0 Å². The molecule has 1 atom stereocenters. The number of pyridine rings is 1. The van der Waals surface area contributed by atoms with Gasteiger partial charge in [-0.2, -0.15) is 0 Å². The Balaban J connectivity index is 2.84. The van der Waals surface area contributed by atoms with Crippen LogP contribution in [0.1, 0.15) is 31.1 Å². The zero-order valence-corrected chi connectivity index (χ0v) is 11.8. The Hall–Kier alpha value is -0.610. The lowest BCUT2D eigenvalue weighted by molar-refractivity contribution is 0.0930. The molecule has 0 radical (unpaired) electrons. The van der Waals surface area contributed by atoms with E-state index in [9.17, 15) is 4.79 Å². The molecule has 1 aromatic heterocycles. The van der Waals surface area contributed by atoms with Crippen LogP contribution in [0.4, 0.5) is 0 Å². The summed E-state index contributed by atoms with van der Waals surface area (Å²) in [6.45, 7) is 6.05. The maximum atomic E-state index is 11.9. The number of hydrogen-bond donors (Lipinski definition) is 1. The van der Waals surface area contributed by atoms with Crippen molar-refractivity contribution in [2.45, 2.75) is 26.8 Å². The van der Waals surface area contributed by atoms with Gasteiger partial charge in [-0.05, 0) is 34.8 Å². The summed E-state index contributed by atoms with van der Waals surface area (Å²) in [4.78, 5) is 15.8. The Bertz CT molecular complexity index is 396. The molecule has 3 nitrogen and oxygen atoms in total. The molecule has 1 amide bonds. The summed E-state index contributed by atoms with van der Waals surface area (Å²) in [5, 5.41) is 3.10. The highest BCUT2D eigenvalue weighted by Gasteiger charge is 2.15. The van der Waals surface area contributed by atoms with Crippen molar-refractivity contribution in [3.8, 4) is 0 Å². The minimum absolute atomic E-state index is 0.0996. The molecular weight excluding hydrogens is 291 g/mol. The molecule has 0 saturated carbocycles. The normalized spacial score (nSPS) is 12.6. The molecule has 0 bridgehead atoms. The van der Waals surface area contributed by atoms with Crippen LogP contribution in [0.25, 0.3) is 0 Å². The fraction of sp³-hybridized carbons (Fsp3) is 0.455. The first kappa shape index (κ1) is 13.5.